The minimum Gasteiger partial charge on any atom is -0.325 e. The second-order valence-electron chi connectivity index (χ2n) is 4.47. The van der Waals surface area contributed by atoms with Crippen LogP contribution in [-0.4, -0.2) is 18.4 Å². The first kappa shape index (κ1) is 15.1. The standard InChI is InChI=1S/C16H15ClN2O2/c1-12(20)19(15-10-6-5-9-14(15)17)11-16(21)18-13-7-3-2-4-8-13/h2-10H,11H2,1H3,(H,18,21). The Balaban J connectivity index is 2.12. The minimum absolute atomic E-state index is 0.0893. The molecule has 2 rings (SSSR count). The van der Waals surface area contributed by atoms with Gasteiger partial charge in [0.15, 0.2) is 0 Å². The number of rotatable bonds is 4. The van der Waals surface area contributed by atoms with Gasteiger partial charge in [-0.1, -0.05) is 41.9 Å². The zero-order valence-electron chi connectivity index (χ0n) is 11.5. The van der Waals surface area contributed by atoms with Crippen molar-refractivity contribution in [1.82, 2.24) is 0 Å². The van der Waals surface area contributed by atoms with Crippen LogP contribution in [-0.2, 0) is 9.59 Å². The lowest BCUT2D eigenvalue weighted by atomic mass is 10.2. The lowest BCUT2D eigenvalue weighted by molar-refractivity contribution is -0.120. The molecule has 0 aliphatic heterocycles. The molecule has 0 aliphatic carbocycles. The van der Waals surface area contributed by atoms with Crippen molar-refractivity contribution >= 4 is 34.8 Å². The van der Waals surface area contributed by atoms with E-state index in [9.17, 15) is 9.59 Å². The molecule has 0 aliphatic rings. The maximum absolute atomic E-state index is 12.1. The quantitative estimate of drug-likeness (QED) is 0.942. The van der Waals surface area contributed by atoms with Crippen LogP contribution in [0.5, 0.6) is 0 Å². The fraction of sp³-hybridized carbons (Fsp3) is 0.125. The number of nitrogens with zero attached hydrogens (tertiary/aromatic N) is 1. The molecule has 5 heteroatoms. The molecule has 0 fully saturated rings. The van der Waals surface area contributed by atoms with Crippen LogP contribution in [0.15, 0.2) is 54.6 Å². The first-order chi connectivity index (χ1) is 10.1. The monoisotopic (exact) mass is 302 g/mol. The van der Waals surface area contributed by atoms with E-state index >= 15 is 0 Å². The van der Waals surface area contributed by atoms with Crippen LogP contribution in [0.4, 0.5) is 11.4 Å². The van der Waals surface area contributed by atoms with Gasteiger partial charge in [-0.25, -0.2) is 0 Å². The summed E-state index contributed by atoms with van der Waals surface area (Å²) < 4.78 is 0. The maximum atomic E-state index is 12.1. The van der Waals surface area contributed by atoms with E-state index in [4.69, 9.17) is 11.6 Å². The Bertz CT molecular complexity index is 644. The van der Waals surface area contributed by atoms with E-state index in [2.05, 4.69) is 5.32 Å². The van der Waals surface area contributed by atoms with Gasteiger partial charge >= 0.3 is 0 Å². The van der Waals surface area contributed by atoms with Crippen molar-refractivity contribution in [2.75, 3.05) is 16.8 Å². The van der Waals surface area contributed by atoms with Gasteiger partial charge in [-0.15, -0.1) is 0 Å². The third-order valence-corrected chi connectivity index (χ3v) is 3.20. The van der Waals surface area contributed by atoms with Crippen molar-refractivity contribution in [2.24, 2.45) is 0 Å². The zero-order chi connectivity index (χ0) is 15.2. The summed E-state index contributed by atoms with van der Waals surface area (Å²) in [4.78, 5) is 25.2. The molecular formula is C16H15ClN2O2. The molecule has 0 atom stereocenters. The summed E-state index contributed by atoms with van der Waals surface area (Å²) in [6.07, 6.45) is 0. The molecule has 0 saturated heterocycles. The number of amides is 2. The number of halogens is 1. The number of benzene rings is 2. The second-order valence-corrected chi connectivity index (χ2v) is 4.88. The average Bonchev–Trinajstić information content (AvgIpc) is 2.46. The minimum atomic E-state index is -0.281. The number of carbonyl (C=O) groups is 2. The predicted molar refractivity (Wildman–Crippen MR) is 84.6 cm³/mol. The van der Waals surface area contributed by atoms with Crippen molar-refractivity contribution in [3.8, 4) is 0 Å². The van der Waals surface area contributed by atoms with Crippen molar-refractivity contribution < 1.29 is 9.59 Å². The molecule has 4 nitrogen and oxygen atoms in total. The molecule has 0 radical (unpaired) electrons. The van der Waals surface area contributed by atoms with E-state index < -0.39 is 0 Å². The summed E-state index contributed by atoms with van der Waals surface area (Å²) in [6, 6.07) is 16.0. The third-order valence-electron chi connectivity index (χ3n) is 2.88. The Hall–Kier alpha value is -2.33. The first-order valence-electron chi connectivity index (χ1n) is 6.45. The molecule has 2 aromatic rings. The normalized spacial score (nSPS) is 10.0. The Kier molecular flexibility index (Phi) is 4.95. The van der Waals surface area contributed by atoms with Crippen LogP contribution < -0.4 is 10.2 Å². The number of carbonyl (C=O) groups excluding carboxylic acids is 2. The first-order valence-corrected chi connectivity index (χ1v) is 6.83. The highest BCUT2D eigenvalue weighted by Crippen LogP contribution is 2.25. The third kappa shape index (κ3) is 4.07. The molecule has 1 N–H and O–H groups in total. The average molecular weight is 303 g/mol. The Morgan fingerprint density at radius 1 is 1.05 bits per heavy atom. The zero-order valence-corrected chi connectivity index (χ0v) is 12.3. The molecule has 0 aromatic heterocycles. The molecule has 0 bridgehead atoms. The highest BCUT2D eigenvalue weighted by atomic mass is 35.5. The van der Waals surface area contributed by atoms with Gasteiger partial charge in [0.25, 0.3) is 0 Å². The number of hydrogen-bond donors (Lipinski definition) is 1. The van der Waals surface area contributed by atoms with E-state index in [-0.39, 0.29) is 18.4 Å². The highest BCUT2D eigenvalue weighted by molar-refractivity contribution is 6.33. The smallest absolute Gasteiger partial charge is 0.244 e. The topological polar surface area (TPSA) is 49.4 Å². The summed E-state index contributed by atoms with van der Waals surface area (Å²) >= 11 is 6.08. The summed E-state index contributed by atoms with van der Waals surface area (Å²) in [7, 11) is 0. The Morgan fingerprint density at radius 2 is 1.67 bits per heavy atom. The lowest BCUT2D eigenvalue weighted by Gasteiger charge is -2.21. The van der Waals surface area contributed by atoms with Crippen LogP contribution in [0, 0.1) is 0 Å². The highest BCUT2D eigenvalue weighted by Gasteiger charge is 2.17. The molecule has 0 spiro atoms. The number of hydrogen-bond acceptors (Lipinski definition) is 2. The van der Waals surface area contributed by atoms with E-state index in [1.54, 1.807) is 36.4 Å². The van der Waals surface area contributed by atoms with Crippen LogP contribution in [0.1, 0.15) is 6.92 Å². The number of para-hydroxylation sites is 2. The van der Waals surface area contributed by atoms with E-state index in [1.807, 2.05) is 18.2 Å². The van der Waals surface area contributed by atoms with Gasteiger partial charge in [0, 0.05) is 12.6 Å². The molecule has 2 aromatic carbocycles. The van der Waals surface area contributed by atoms with Gasteiger partial charge in [0.2, 0.25) is 11.8 Å². The largest absolute Gasteiger partial charge is 0.325 e. The van der Waals surface area contributed by atoms with Crippen LogP contribution >= 0.6 is 11.6 Å². The van der Waals surface area contributed by atoms with Crippen LogP contribution in [0.2, 0.25) is 5.02 Å². The van der Waals surface area contributed by atoms with Crippen molar-refractivity contribution in [1.29, 1.82) is 0 Å². The fourth-order valence-electron chi connectivity index (χ4n) is 1.90. The van der Waals surface area contributed by atoms with Gasteiger partial charge in [-0.2, -0.15) is 0 Å². The van der Waals surface area contributed by atoms with Crippen LogP contribution in [0.25, 0.3) is 0 Å². The summed E-state index contributed by atoms with van der Waals surface area (Å²) in [5, 5.41) is 3.17. The Morgan fingerprint density at radius 3 is 2.29 bits per heavy atom. The maximum Gasteiger partial charge on any atom is 0.244 e. The van der Waals surface area contributed by atoms with Gasteiger partial charge in [-0.3, -0.25) is 9.59 Å². The van der Waals surface area contributed by atoms with Gasteiger partial charge in [0.05, 0.1) is 10.7 Å². The molecule has 0 heterocycles. The van der Waals surface area contributed by atoms with E-state index in [1.165, 1.54) is 11.8 Å². The molecule has 0 unspecified atom stereocenters. The molecule has 2 amide bonds. The number of nitrogens with one attached hydrogen (secondary N) is 1. The van der Waals surface area contributed by atoms with Crippen molar-refractivity contribution in [2.45, 2.75) is 6.92 Å². The van der Waals surface area contributed by atoms with Crippen molar-refractivity contribution in [3.63, 3.8) is 0 Å². The molecule has 0 saturated carbocycles. The lowest BCUT2D eigenvalue weighted by Crippen LogP contribution is -2.36. The fourth-order valence-corrected chi connectivity index (χ4v) is 2.14. The SMILES string of the molecule is CC(=O)N(CC(=O)Nc1ccccc1)c1ccccc1Cl. The molecule has 108 valence electrons. The summed E-state index contributed by atoms with van der Waals surface area (Å²) in [6.45, 7) is 1.31. The van der Waals surface area contributed by atoms with E-state index in [0.29, 0.717) is 16.4 Å². The van der Waals surface area contributed by atoms with Crippen LogP contribution in [0.3, 0.4) is 0 Å². The number of anilines is 2. The second kappa shape index (κ2) is 6.90. The van der Waals surface area contributed by atoms with Gasteiger partial charge in [0.1, 0.15) is 6.54 Å². The van der Waals surface area contributed by atoms with Gasteiger partial charge < -0.3 is 10.2 Å². The van der Waals surface area contributed by atoms with Crippen molar-refractivity contribution in [3.05, 3.63) is 59.6 Å². The summed E-state index contributed by atoms with van der Waals surface area (Å²) in [5.74, 6) is -0.525. The van der Waals surface area contributed by atoms with E-state index in [0.717, 1.165) is 0 Å². The molecular weight excluding hydrogens is 288 g/mol. The summed E-state index contributed by atoms with van der Waals surface area (Å²) in [5.41, 5.74) is 1.21. The Labute approximate surface area is 128 Å². The molecule has 21 heavy (non-hydrogen) atoms. The van der Waals surface area contributed by atoms with Gasteiger partial charge in [-0.05, 0) is 24.3 Å². The predicted octanol–water partition coefficient (Wildman–Crippen LogP) is 3.33.